The topological polar surface area (TPSA) is 58.1 Å². The van der Waals surface area contributed by atoms with Gasteiger partial charge in [-0.25, -0.2) is 0 Å². The normalized spacial score (nSPS) is 21.9. The molecule has 2 fully saturated rings. The van der Waals surface area contributed by atoms with Crippen molar-refractivity contribution in [3.63, 3.8) is 0 Å². The smallest absolute Gasteiger partial charge is 0.240 e. The summed E-state index contributed by atoms with van der Waals surface area (Å²) in [7, 11) is 0. The van der Waals surface area contributed by atoms with E-state index in [1.54, 1.807) is 11.3 Å². The van der Waals surface area contributed by atoms with E-state index < -0.39 is 0 Å². The van der Waals surface area contributed by atoms with Gasteiger partial charge < -0.3 is 0 Å². The average molecular weight is 322 g/mol. The van der Waals surface area contributed by atoms with Gasteiger partial charge in [-0.2, -0.15) is 0 Å². The van der Waals surface area contributed by atoms with Crippen molar-refractivity contribution in [2.24, 2.45) is 5.92 Å². The molecule has 122 valence electrons. The molecule has 5 nitrogen and oxygen atoms in total. The Balaban J connectivity index is 1.48. The molecule has 22 heavy (non-hydrogen) atoms. The monoisotopic (exact) mass is 322 g/mol. The number of nitrogens with one attached hydrogen (secondary N) is 1. The van der Waals surface area contributed by atoms with Crippen LogP contribution in [0.4, 0.5) is 5.13 Å². The summed E-state index contributed by atoms with van der Waals surface area (Å²) >= 11 is 1.56. The van der Waals surface area contributed by atoms with E-state index in [9.17, 15) is 4.79 Å². The van der Waals surface area contributed by atoms with Gasteiger partial charge in [0.2, 0.25) is 11.0 Å². The summed E-state index contributed by atoms with van der Waals surface area (Å²) in [6.45, 7) is 4.81. The van der Waals surface area contributed by atoms with E-state index in [1.165, 1.54) is 44.9 Å². The summed E-state index contributed by atoms with van der Waals surface area (Å²) < 4.78 is 0. The van der Waals surface area contributed by atoms with Crippen LogP contribution in [0.3, 0.4) is 0 Å². The van der Waals surface area contributed by atoms with Crippen molar-refractivity contribution in [1.29, 1.82) is 0 Å². The van der Waals surface area contributed by atoms with Gasteiger partial charge in [-0.15, -0.1) is 10.2 Å². The molecule has 1 aromatic heterocycles. The molecule has 0 bridgehead atoms. The van der Waals surface area contributed by atoms with Gasteiger partial charge in [-0.3, -0.25) is 15.0 Å². The predicted molar refractivity (Wildman–Crippen MR) is 89.2 cm³/mol. The maximum absolute atomic E-state index is 12.1. The second-order valence-electron chi connectivity index (χ2n) is 6.79. The maximum atomic E-state index is 12.1. The Labute approximate surface area is 136 Å². The second kappa shape index (κ2) is 7.51. The van der Waals surface area contributed by atoms with Crippen LogP contribution in [0, 0.1) is 5.92 Å². The minimum absolute atomic E-state index is 0.0425. The fraction of sp³-hybridized carbons (Fsp3) is 0.812. The van der Waals surface area contributed by atoms with Crippen LogP contribution >= 0.6 is 11.3 Å². The van der Waals surface area contributed by atoms with Gasteiger partial charge in [0.15, 0.2) is 0 Å². The number of likely N-dealkylation sites (tertiary alicyclic amines) is 1. The highest BCUT2D eigenvalue weighted by Gasteiger charge is 2.21. The van der Waals surface area contributed by atoms with Crippen molar-refractivity contribution in [2.45, 2.75) is 57.8 Å². The van der Waals surface area contributed by atoms with Crippen LogP contribution in [0.15, 0.2) is 0 Å². The molecule has 2 heterocycles. The summed E-state index contributed by atoms with van der Waals surface area (Å²) in [5.74, 6) is 1.39. The second-order valence-corrected chi connectivity index (χ2v) is 7.80. The minimum Gasteiger partial charge on any atom is -0.299 e. The number of carbonyl (C=O) groups is 1. The van der Waals surface area contributed by atoms with Crippen molar-refractivity contribution in [2.75, 3.05) is 25.0 Å². The highest BCUT2D eigenvalue weighted by Crippen LogP contribution is 2.35. The lowest BCUT2D eigenvalue weighted by Gasteiger charge is -2.29. The molecule has 1 amide bonds. The number of aromatic nitrogens is 2. The van der Waals surface area contributed by atoms with Gasteiger partial charge in [0, 0.05) is 5.92 Å². The molecule has 1 saturated heterocycles. The Bertz CT molecular complexity index is 490. The van der Waals surface area contributed by atoms with Crippen LogP contribution in [0.25, 0.3) is 0 Å². The van der Waals surface area contributed by atoms with E-state index in [1.807, 2.05) is 0 Å². The first-order chi connectivity index (χ1) is 10.7. The molecule has 0 aromatic carbocycles. The standard InChI is InChI=1S/C16H26N4OS/c1-12-7-9-20(10-8-12)11-14(21)17-16-19-18-15(22-16)13-5-3-2-4-6-13/h12-13H,2-11H2,1H3,(H,17,19,21). The summed E-state index contributed by atoms with van der Waals surface area (Å²) in [6.07, 6.45) is 8.74. The molecule has 1 aliphatic heterocycles. The first-order valence-electron chi connectivity index (χ1n) is 8.56. The van der Waals surface area contributed by atoms with Gasteiger partial charge in [0.25, 0.3) is 0 Å². The molecule has 0 radical (unpaired) electrons. The summed E-state index contributed by atoms with van der Waals surface area (Å²) in [5, 5.41) is 13.1. The third-order valence-corrected chi connectivity index (χ3v) is 5.89. The number of anilines is 1. The molecular formula is C16H26N4OS. The fourth-order valence-corrected chi connectivity index (χ4v) is 4.31. The van der Waals surface area contributed by atoms with Crippen LogP contribution < -0.4 is 5.32 Å². The summed E-state index contributed by atoms with van der Waals surface area (Å²) in [4.78, 5) is 14.4. The van der Waals surface area contributed by atoms with Crippen molar-refractivity contribution >= 4 is 22.4 Å². The van der Waals surface area contributed by atoms with Crippen molar-refractivity contribution in [3.05, 3.63) is 5.01 Å². The Morgan fingerprint density at radius 3 is 2.64 bits per heavy atom. The Morgan fingerprint density at radius 2 is 1.91 bits per heavy atom. The molecule has 0 spiro atoms. The largest absolute Gasteiger partial charge is 0.299 e. The highest BCUT2D eigenvalue weighted by molar-refractivity contribution is 7.15. The zero-order valence-electron chi connectivity index (χ0n) is 13.4. The molecule has 6 heteroatoms. The molecule has 1 saturated carbocycles. The van der Waals surface area contributed by atoms with E-state index in [2.05, 4.69) is 27.3 Å². The first-order valence-corrected chi connectivity index (χ1v) is 9.38. The Hall–Kier alpha value is -1.01. The zero-order chi connectivity index (χ0) is 15.4. The van der Waals surface area contributed by atoms with E-state index in [0.29, 0.717) is 17.6 Å². The molecule has 0 atom stereocenters. The molecule has 1 aliphatic carbocycles. The third kappa shape index (κ3) is 4.26. The molecule has 1 N–H and O–H groups in total. The highest BCUT2D eigenvalue weighted by atomic mass is 32.1. The fourth-order valence-electron chi connectivity index (χ4n) is 3.38. The Kier molecular flexibility index (Phi) is 5.41. The van der Waals surface area contributed by atoms with Crippen molar-refractivity contribution in [1.82, 2.24) is 15.1 Å². The number of amides is 1. The van der Waals surface area contributed by atoms with Gasteiger partial charge in [0.1, 0.15) is 5.01 Å². The number of rotatable bonds is 4. The molecule has 0 unspecified atom stereocenters. The lowest BCUT2D eigenvalue weighted by molar-refractivity contribution is -0.117. The van der Waals surface area contributed by atoms with Gasteiger partial charge in [0.05, 0.1) is 6.54 Å². The minimum atomic E-state index is 0.0425. The Morgan fingerprint density at radius 1 is 1.18 bits per heavy atom. The van der Waals surface area contributed by atoms with E-state index in [-0.39, 0.29) is 5.91 Å². The van der Waals surface area contributed by atoms with Crippen molar-refractivity contribution in [3.8, 4) is 0 Å². The maximum Gasteiger partial charge on any atom is 0.240 e. The van der Waals surface area contributed by atoms with Crippen LogP contribution in [0.5, 0.6) is 0 Å². The lowest BCUT2D eigenvalue weighted by Crippen LogP contribution is -2.38. The van der Waals surface area contributed by atoms with Crippen LogP contribution in [-0.2, 0) is 4.79 Å². The van der Waals surface area contributed by atoms with E-state index >= 15 is 0 Å². The van der Waals surface area contributed by atoms with Gasteiger partial charge in [-0.05, 0) is 44.7 Å². The first kappa shape index (κ1) is 15.9. The van der Waals surface area contributed by atoms with Crippen LogP contribution in [0.2, 0.25) is 0 Å². The van der Waals surface area contributed by atoms with Crippen LogP contribution in [-0.4, -0.2) is 40.6 Å². The predicted octanol–water partition coefficient (Wildman–Crippen LogP) is 3.26. The lowest BCUT2D eigenvalue weighted by atomic mass is 9.90. The zero-order valence-corrected chi connectivity index (χ0v) is 14.2. The number of carbonyl (C=O) groups excluding carboxylic acids is 1. The van der Waals surface area contributed by atoms with E-state index in [4.69, 9.17) is 0 Å². The molecular weight excluding hydrogens is 296 g/mol. The summed E-state index contributed by atoms with van der Waals surface area (Å²) in [6, 6.07) is 0. The van der Waals surface area contributed by atoms with Gasteiger partial charge >= 0.3 is 0 Å². The number of hydrogen-bond acceptors (Lipinski definition) is 5. The average Bonchev–Trinajstić information content (AvgIpc) is 2.99. The van der Waals surface area contributed by atoms with E-state index in [0.717, 1.165) is 24.0 Å². The third-order valence-electron chi connectivity index (χ3n) is 4.88. The number of piperidine rings is 1. The summed E-state index contributed by atoms with van der Waals surface area (Å²) in [5.41, 5.74) is 0. The molecule has 2 aliphatic rings. The quantitative estimate of drug-likeness (QED) is 0.924. The number of nitrogens with zero attached hydrogens (tertiary/aromatic N) is 3. The van der Waals surface area contributed by atoms with Gasteiger partial charge in [-0.1, -0.05) is 37.5 Å². The molecule has 3 rings (SSSR count). The SMILES string of the molecule is CC1CCN(CC(=O)Nc2nnc(C3CCCCC3)s2)CC1. The number of hydrogen-bond donors (Lipinski definition) is 1. The molecule has 1 aromatic rings. The van der Waals surface area contributed by atoms with Crippen LogP contribution in [0.1, 0.15) is 62.8 Å². The van der Waals surface area contributed by atoms with Crippen molar-refractivity contribution < 1.29 is 4.79 Å².